The average molecular weight is 243 g/mol. The molecule has 1 aliphatic carbocycles. The van der Waals surface area contributed by atoms with Gasteiger partial charge >= 0.3 is 0 Å². The van der Waals surface area contributed by atoms with Crippen LogP contribution in [-0.4, -0.2) is 32.0 Å². The van der Waals surface area contributed by atoms with Gasteiger partial charge in [-0.3, -0.25) is 0 Å². The van der Waals surface area contributed by atoms with E-state index in [2.05, 4.69) is 20.8 Å². The Bertz CT molecular complexity index is 201. The Labute approximate surface area is 106 Å². The van der Waals surface area contributed by atoms with Crippen LogP contribution in [0.5, 0.6) is 0 Å². The van der Waals surface area contributed by atoms with Gasteiger partial charge in [0.2, 0.25) is 0 Å². The van der Waals surface area contributed by atoms with Crippen molar-refractivity contribution in [1.82, 2.24) is 0 Å². The summed E-state index contributed by atoms with van der Waals surface area (Å²) >= 11 is 0. The fourth-order valence-corrected chi connectivity index (χ4v) is 2.46. The number of hydrogen-bond donors (Lipinski definition) is 1. The molecule has 1 rings (SSSR count). The van der Waals surface area contributed by atoms with E-state index in [4.69, 9.17) is 15.2 Å². The maximum atomic E-state index is 5.80. The van der Waals surface area contributed by atoms with E-state index in [-0.39, 0.29) is 5.60 Å². The zero-order valence-electron chi connectivity index (χ0n) is 11.7. The molecule has 0 amide bonds. The highest BCUT2D eigenvalue weighted by molar-refractivity contribution is 4.75. The number of rotatable bonds is 6. The van der Waals surface area contributed by atoms with E-state index < -0.39 is 0 Å². The van der Waals surface area contributed by atoms with E-state index in [1.807, 2.05) is 0 Å². The van der Waals surface area contributed by atoms with Crippen molar-refractivity contribution in [3.63, 3.8) is 0 Å². The van der Waals surface area contributed by atoms with Crippen LogP contribution in [-0.2, 0) is 9.47 Å². The lowest BCUT2D eigenvalue weighted by Gasteiger charge is -2.30. The molecule has 0 bridgehead atoms. The van der Waals surface area contributed by atoms with Gasteiger partial charge in [-0.15, -0.1) is 0 Å². The standard InChI is InChI=1S/C14H29NO2/c1-14(2,3)17-9-8-16-11-13-7-5-4-6-12(13)10-15/h12-13H,4-11,15H2,1-3H3. The SMILES string of the molecule is CC(C)(C)OCCOCC1CCCCC1CN. The van der Waals surface area contributed by atoms with Crippen molar-refractivity contribution in [2.45, 2.75) is 52.1 Å². The van der Waals surface area contributed by atoms with Gasteiger partial charge in [-0.25, -0.2) is 0 Å². The molecule has 2 N–H and O–H groups in total. The van der Waals surface area contributed by atoms with Gasteiger partial charge in [-0.05, 0) is 52.0 Å². The molecule has 0 aliphatic heterocycles. The largest absolute Gasteiger partial charge is 0.379 e. The first-order chi connectivity index (χ1) is 8.03. The van der Waals surface area contributed by atoms with Gasteiger partial charge in [-0.2, -0.15) is 0 Å². The van der Waals surface area contributed by atoms with Crippen LogP contribution < -0.4 is 5.73 Å². The fourth-order valence-electron chi connectivity index (χ4n) is 2.46. The van der Waals surface area contributed by atoms with Crippen LogP contribution in [0, 0.1) is 11.8 Å². The van der Waals surface area contributed by atoms with Crippen LogP contribution in [0.1, 0.15) is 46.5 Å². The number of nitrogens with two attached hydrogens (primary N) is 1. The van der Waals surface area contributed by atoms with Gasteiger partial charge in [0.1, 0.15) is 0 Å². The molecule has 1 fully saturated rings. The lowest BCUT2D eigenvalue weighted by atomic mass is 9.80. The predicted octanol–water partition coefficient (Wildman–Crippen LogP) is 2.58. The third kappa shape index (κ3) is 6.39. The predicted molar refractivity (Wildman–Crippen MR) is 71.0 cm³/mol. The molecule has 2 atom stereocenters. The first-order valence-corrected chi connectivity index (χ1v) is 6.94. The summed E-state index contributed by atoms with van der Waals surface area (Å²) in [6.45, 7) is 9.26. The summed E-state index contributed by atoms with van der Waals surface area (Å²) in [5, 5.41) is 0. The summed E-state index contributed by atoms with van der Waals surface area (Å²) in [6.07, 6.45) is 5.24. The Kier molecular flexibility index (Phi) is 6.45. The summed E-state index contributed by atoms with van der Waals surface area (Å²) < 4.78 is 11.3. The highest BCUT2D eigenvalue weighted by Gasteiger charge is 2.23. The molecule has 3 nitrogen and oxygen atoms in total. The molecule has 1 aliphatic rings. The molecule has 2 unspecified atom stereocenters. The molecule has 0 heterocycles. The van der Waals surface area contributed by atoms with Crippen molar-refractivity contribution in [1.29, 1.82) is 0 Å². The Morgan fingerprint density at radius 3 is 2.29 bits per heavy atom. The fraction of sp³-hybridized carbons (Fsp3) is 1.00. The molecule has 17 heavy (non-hydrogen) atoms. The van der Waals surface area contributed by atoms with E-state index in [0.717, 1.165) is 13.2 Å². The summed E-state index contributed by atoms with van der Waals surface area (Å²) in [7, 11) is 0. The number of ether oxygens (including phenoxy) is 2. The monoisotopic (exact) mass is 243 g/mol. The third-order valence-electron chi connectivity index (χ3n) is 3.46. The van der Waals surface area contributed by atoms with E-state index in [1.54, 1.807) is 0 Å². The molecular formula is C14H29NO2. The first-order valence-electron chi connectivity index (χ1n) is 6.94. The second-order valence-electron chi connectivity index (χ2n) is 6.08. The van der Waals surface area contributed by atoms with Gasteiger partial charge in [-0.1, -0.05) is 12.8 Å². The molecule has 0 aromatic rings. The summed E-state index contributed by atoms with van der Waals surface area (Å²) in [5.41, 5.74) is 5.74. The van der Waals surface area contributed by atoms with Crippen LogP contribution in [0.2, 0.25) is 0 Å². The van der Waals surface area contributed by atoms with E-state index in [0.29, 0.717) is 25.0 Å². The van der Waals surface area contributed by atoms with Crippen molar-refractivity contribution in [3.05, 3.63) is 0 Å². The zero-order chi connectivity index (χ0) is 12.7. The normalized spacial score (nSPS) is 26.1. The lowest BCUT2D eigenvalue weighted by molar-refractivity contribution is -0.0438. The van der Waals surface area contributed by atoms with Crippen LogP contribution in [0.4, 0.5) is 0 Å². The second-order valence-corrected chi connectivity index (χ2v) is 6.08. The van der Waals surface area contributed by atoms with Crippen LogP contribution in [0.3, 0.4) is 0 Å². The minimum absolute atomic E-state index is 0.0615. The molecule has 0 aromatic carbocycles. The zero-order valence-corrected chi connectivity index (χ0v) is 11.7. The summed E-state index contributed by atoms with van der Waals surface area (Å²) in [5.74, 6) is 1.34. The highest BCUT2D eigenvalue weighted by atomic mass is 16.5. The van der Waals surface area contributed by atoms with E-state index in [9.17, 15) is 0 Å². The molecule has 0 aromatic heterocycles. The molecule has 3 heteroatoms. The Hall–Kier alpha value is -0.120. The van der Waals surface area contributed by atoms with Crippen molar-refractivity contribution in [2.24, 2.45) is 17.6 Å². The van der Waals surface area contributed by atoms with Gasteiger partial charge < -0.3 is 15.2 Å². The van der Waals surface area contributed by atoms with Crippen LogP contribution in [0.25, 0.3) is 0 Å². The average Bonchev–Trinajstić information content (AvgIpc) is 2.27. The van der Waals surface area contributed by atoms with Gasteiger partial charge in [0.05, 0.1) is 18.8 Å². The lowest BCUT2D eigenvalue weighted by Crippen LogP contribution is -2.30. The van der Waals surface area contributed by atoms with Gasteiger partial charge in [0, 0.05) is 6.61 Å². The minimum atomic E-state index is -0.0615. The number of hydrogen-bond acceptors (Lipinski definition) is 3. The molecule has 0 spiro atoms. The second kappa shape index (κ2) is 7.34. The summed E-state index contributed by atoms with van der Waals surface area (Å²) in [4.78, 5) is 0. The minimum Gasteiger partial charge on any atom is -0.379 e. The molecule has 0 radical (unpaired) electrons. The van der Waals surface area contributed by atoms with Crippen molar-refractivity contribution < 1.29 is 9.47 Å². The maximum absolute atomic E-state index is 5.80. The topological polar surface area (TPSA) is 44.5 Å². The summed E-state index contributed by atoms with van der Waals surface area (Å²) in [6, 6.07) is 0. The van der Waals surface area contributed by atoms with Crippen molar-refractivity contribution >= 4 is 0 Å². The van der Waals surface area contributed by atoms with Crippen LogP contribution in [0.15, 0.2) is 0 Å². The quantitative estimate of drug-likeness (QED) is 0.729. The molecule has 1 saturated carbocycles. The maximum Gasteiger partial charge on any atom is 0.0707 e. The Morgan fingerprint density at radius 1 is 1.06 bits per heavy atom. The van der Waals surface area contributed by atoms with Crippen LogP contribution >= 0.6 is 0 Å². The Morgan fingerprint density at radius 2 is 1.71 bits per heavy atom. The molecule has 0 saturated heterocycles. The first kappa shape index (κ1) is 14.9. The smallest absolute Gasteiger partial charge is 0.0707 e. The molecular weight excluding hydrogens is 214 g/mol. The van der Waals surface area contributed by atoms with Gasteiger partial charge in [0.25, 0.3) is 0 Å². The Balaban J connectivity index is 2.08. The van der Waals surface area contributed by atoms with E-state index in [1.165, 1.54) is 25.7 Å². The van der Waals surface area contributed by atoms with E-state index >= 15 is 0 Å². The van der Waals surface area contributed by atoms with Crippen molar-refractivity contribution in [2.75, 3.05) is 26.4 Å². The van der Waals surface area contributed by atoms with Crippen molar-refractivity contribution in [3.8, 4) is 0 Å². The van der Waals surface area contributed by atoms with Gasteiger partial charge in [0.15, 0.2) is 0 Å². The molecule has 102 valence electrons. The third-order valence-corrected chi connectivity index (χ3v) is 3.46. The highest BCUT2D eigenvalue weighted by Crippen LogP contribution is 2.29.